The highest BCUT2D eigenvalue weighted by molar-refractivity contribution is 7.16. The van der Waals surface area contributed by atoms with E-state index in [-0.39, 0.29) is 24.0 Å². The number of nitrogens with zero attached hydrogens (tertiary/aromatic N) is 2. The second-order valence-corrected chi connectivity index (χ2v) is 6.63. The van der Waals surface area contributed by atoms with E-state index in [1.54, 1.807) is 13.1 Å². The van der Waals surface area contributed by atoms with Crippen LogP contribution in [0.25, 0.3) is 0 Å². The van der Waals surface area contributed by atoms with Crippen LogP contribution in [0.2, 0.25) is 4.34 Å². The van der Waals surface area contributed by atoms with E-state index in [9.17, 15) is 14.9 Å². The minimum atomic E-state index is -0.584. The maximum atomic E-state index is 12.1. The van der Waals surface area contributed by atoms with Crippen LogP contribution in [0.4, 0.5) is 5.69 Å². The third-order valence-electron chi connectivity index (χ3n) is 3.16. The largest absolute Gasteiger partial charge is 0.496 e. The molecule has 0 aliphatic rings. The Morgan fingerprint density at radius 3 is 2.71 bits per heavy atom. The number of benzene rings is 1. The predicted molar refractivity (Wildman–Crippen MR) is 90.9 cm³/mol. The summed E-state index contributed by atoms with van der Waals surface area (Å²) in [5, 5.41) is 11.1. The zero-order chi connectivity index (χ0) is 17.7. The predicted octanol–water partition coefficient (Wildman–Crippen LogP) is 3.36. The summed E-state index contributed by atoms with van der Waals surface area (Å²) in [6, 6.07) is 7.79. The molecule has 0 spiro atoms. The Morgan fingerprint density at radius 2 is 2.12 bits per heavy atom. The van der Waals surface area contributed by atoms with Gasteiger partial charge in [-0.25, -0.2) is 0 Å². The molecule has 1 amide bonds. The van der Waals surface area contributed by atoms with Crippen molar-refractivity contribution in [3.63, 3.8) is 0 Å². The van der Waals surface area contributed by atoms with Gasteiger partial charge in [-0.05, 0) is 24.3 Å². The van der Waals surface area contributed by atoms with E-state index in [4.69, 9.17) is 21.1 Å². The van der Waals surface area contributed by atoms with E-state index in [0.29, 0.717) is 16.6 Å². The second kappa shape index (κ2) is 7.98. The SMILES string of the molecule is COc1ccc(OCC(=O)N(C)Cc2ccc(Cl)s2)c([N+](=O)[O-])c1. The molecule has 0 atom stereocenters. The molecular weight excluding hydrogens is 356 g/mol. The quantitative estimate of drug-likeness (QED) is 0.551. The van der Waals surface area contributed by atoms with Crippen molar-refractivity contribution in [3.8, 4) is 11.5 Å². The van der Waals surface area contributed by atoms with Gasteiger partial charge in [0.15, 0.2) is 12.4 Å². The number of thiophene rings is 1. The zero-order valence-corrected chi connectivity index (χ0v) is 14.6. The highest BCUT2D eigenvalue weighted by atomic mass is 35.5. The van der Waals surface area contributed by atoms with Gasteiger partial charge in [0.2, 0.25) is 0 Å². The Bertz CT molecular complexity index is 749. The van der Waals surface area contributed by atoms with E-state index in [1.807, 2.05) is 6.07 Å². The minimum absolute atomic E-state index is 0.0155. The fourth-order valence-electron chi connectivity index (χ4n) is 1.90. The van der Waals surface area contributed by atoms with Gasteiger partial charge in [0.1, 0.15) is 5.75 Å². The third-order valence-corrected chi connectivity index (χ3v) is 4.38. The molecule has 2 aromatic rings. The molecule has 128 valence electrons. The molecule has 0 bridgehead atoms. The van der Waals surface area contributed by atoms with Crippen LogP contribution in [-0.4, -0.2) is 36.5 Å². The molecule has 0 aliphatic heterocycles. The van der Waals surface area contributed by atoms with Crippen molar-refractivity contribution < 1.29 is 19.2 Å². The van der Waals surface area contributed by atoms with E-state index in [1.165, 1.54) is 41.5 Å². The van der Waals surface area contributed by atoms with Gasteiger partial charge in [-0.2, -0.15) is 0 Å². The number of nitro benzene ring substituents is 1. The van der Waals surface area contributed by atoms with Crippen molar-refractivity contribution in [3.05, 3.63) is 49.7 Å². The Balaban J connectivity index is 1.99. The molecule has 7 nitrogen and oxygen atoms in total. The van der Waals surface area contributed by atoms with Gasteiger partial charge in [0, 0.05) is 11.9 Å². The molecule has 0 radical (unpaired) electrons. The van der Waals surface area contributed by atoms with E-state index < -0.39 is 4.92 Å². The molecule has 2 rings (SSSR count). The summed E-state index contributed by atoms with van der Waals surface area (Å²) in [4.78, 5) is 25.0. The maximum Gasteiger partial charge on any atom is 0.314 e. The first-order chi connectivity index (χ1) is 11.4. The Labute approximate surface area is 147 Å². The third kappa shape index (κ3) is 4.59. The first-order valence-electron chi connectivity index (χ1n) is 6.84. The van der Waals surface area contributed by atoms with Crippen LogP contribution in [0.3, 0.4) is 0 Å². The van der Waals surface area contributed by atoms with Gasteiger partial charge in [0.05, 0.1) is 29.0 Å². The van der Waals surface area contributed by atoms with Gasteiger partial charge in [-0.1, -0.05) is 11.6 Å². The summed E-state index contributed by atoms with van der Waals surface area (Å²) in [5.41, 5.74) is -0.255. The molecule has 0 unspecified atom stereocenters. The van der Waals surface area contributed by atoms with E-state index in [2.05, 4.69) is 0 Å². The van der Waals surface area contributed by atoms with Crippen molar-refractivity contribution in [1.29, 1.82) is 0 Å². The minimum Gasteiger partial charge on any atom is -0.496 e. The number of carbonyl (C=O) groups is 1. The number of methoxy groups -OCH3 is 1. The second-order valence-electron chi connectivity index (χ2n) is 4.84. The first kappa shape index (κ1) is 18.0. The summed E-state index contributed by atoms with van der Waals surface area (Å²) in [7, 11) is 3.04. The molecule has 1 aromatic carbocycles. The van der Waals surface area contributed by atoms with Crippen LogP contribution in [0.1, 0.15) is 4.88 Å². The van der Waals surface area contributed by atoms with Gasteiger partial charge in [-0.15, -0.1) is 11.3 Å². The summed E-state index contributed by atoms with van der Waals surface area (Å²) >= 11 is 7.24. The summed E-state index contributed by atoms with van der Waals surface area (Å²) in [6.45, 7) is 0.0903. The number of carbonyl (C=O) groups excluding carboxylic acids is 1. The summed E-state index contributed by atoms with van der Waals surface area (Å²) < 4.78 is 10.9. The number of hydrogen-bond acceptors (Lipinski definition) is 6. The lowest BCUT2D eigenvalue weighted by Gasteiger charge is -2.16. The molecule has 0 saturated heterocycles. The fraction of sp³-hybridized carbons (Fsp3) is 0.267. The van der Waals surface area contributed by atoms with Crippen LogP contribution in [0, 0.1) is 10.1 Å². The van der Waals surface area contributed by atoms with Crippen LogP contribution < -0.4 is 9.47 Å². The topological polar surface area (TPSA) is 81.9 Å². The van der Waals surface area contributed by atoms with Crippen LogP contribution in [0.5, 0.6) is 11.5 Å². The highest BCUT2D eigenvalue weighted by Gasteiger charge is 2.19. The average Bonchev–Trinajstić information content (AvgIpc) is 2.97. The van der Waals surface area contributed by atoms with Crippen molar-refractivity contribution in [2.75, 3.05) is 20.8 Å². The maximum absolute atomic E-state index is 12.1. The highest BCUT2D eigenvalue weighted by Crippen LogP contribution is 2.31. The molecule has 24 heavy (non-hydrogen) atoms. The van der Waals surface area contributed by atoms with E-state index in [0.717, 1.165) is 4.88 Å². The summed E-state index contributed by atoms with van der Waals surface area (Å²) in [5.74, 6) is 0.0541. The van der Waals surface area contributed by atoms with Crippen LogP contribution in [0.15, 0.2) is 30.3 Å². The van der Waals surface area contributed by atoms with Gasteiger partial charge in [0.25, 0.3) is 5.91 Å². The number of nitro groups is 1. The summed E-state index contributed by atoms with van der Waals surface area (Å²) in [6.07, 6.45) is 0. The van der Waals surface area contributed by atoms with Crippen molar-refractivity contribution in [2.24, 2.45) is 0 Å². The zero-order valence-electron chi connectivity index (χ0n) is 13.0. The lowest BCUT2D eigenvalue weighted by atomic mass is 10.3. The molecule has 1 heterocycles. The van der Waals surface area contributed by atoms with Crippen molar-refractivity contribution >= 4 is 34.5 Å². The van der Waals surface area contributed by atoms with Crippen LogP contribution in [-0.2, 0) is 11.3 Å². The lowest BCUT2D eigenvalue weighted by Crippen LogP contribution is -2.30. The first-order valence-corrected chi connectivity index (χ1v) is 8.03. The molecular formula is C15H15ClN2O5S. The number of halogens is 1. The number of hydrogen-bond donors (Lipinski definition) is 0. The van der Waals surface area contributed by atoms with Gasteiger partial charge < -0.3 is 14.4 Å². The van der Waals surface area contributed by atoms with Crippen LogP contribution >= 0.6 is 22.9 Å². The normalized spacial score (nSPS) is 10.3. The Kier molecular flexibility index (Phi) is 5.99. The standard InChI is InChI=1S/C15H15ClN2O5S/c1-17(8-11-4-6-14(16)24-11)15(19)9-23-13-5-3-10(22-2)7-12(13)18(20)21/h3-7H,8-9H2,1-2H3. The fourth-order valence-corrected chi connectivity index (χ4v) is 3.04. The molecule has 0 saturated carbocycles. The lowest BCUT2D eigenvalue weighted by molar-refractivity contribution is -0.385. The van der Waals surface area contributed by atoms with Crippen molar-refractivity contribution in [1.82, 2.24) is 4.90 Å². The smallest absolute Gasteiger partial charge is 0.314 e. The number of rotatable bonds is 7. The molecule has 0 aliphatic carbocycles. The molecule has 0 N–H and O–H groups in total. The number of ether oxygens (including phenoxy) is 2. The Hall–Kier alpha value is -2.32. The number of amides is 1. The molecule has 9 heteroatoms. The molecule has 0 fully saturated rings. The van der Waals surface area contributed by atoms with Gasteiger partial charge >= 0.3 is 5.69 Å². The molecule has 1 aromatic heterocycles. The van der Waals surface area contributed by atoms with Crippen molar-refractivity contribution in [2.45, 2.75) is 6.54 Å². The average molecular weight is 371 g/mol. The van der Waals surface area contributed by atoms with Gasteiger partial charge in [-0.3, -0.25) is 14.9 Å². The Morgan fingerprint density at radius 1 is 1.38 bits per heavy atom. The number of likely N-dealkylation sites (N-methyl/N-ethyl adjacent to an activating group) is 1. The van der Waals surface area contributed by atoms with E-state index >= 15 is 0 Å². The monoisotopic (exact) mass is 370 g/mol.